The van der Waals surface area contributed by atoms with Crippen molar-refractivity contribution in [3.05, 3.63) is 35.6 Å². The molecule has 3 heteroatoms. The van der Waals surface area contributed by atoms with Crippen LogP contribution in [-0.4, -0.2) is 18.3 Å². The van der Waals surface area contributed by atoms with Gasteiger partial charge in [0.15, 0.2) is 0 Å². The van der Waals surface area contributed by atoms with Crippen LogP contribution in [0, 0.1) is 17.7 Å². The third-order valence-corrected chi connectivity index (χ3v) is 4.11. The van der Waals surface area contributed by atoms with Crippen molar-refractivity contribution in [3.8, 4) is 0 Å². The van der Waals surface area contributed by atoms with Gasteiger partial charge in [0, 0.05) is 18.2 Å². The molecule has 2 nitrogen and oxygen atoms in total. The Hall–Kier alpha value is -0.930. The molecule has 2 rings (SSSR count). The van der Waals surface area contributed by atoms with Crippen LogP contribution in [0.25, 0.3) is 0 Å². The van der Waals surface area contributed by atoms with Crippen LogP contribution >= 0.6 is 0 Å². The van der Waals surface area contributed by atoms with Crippen molar-refractivity contribution >= 4 is 0 Å². The quantitative estimate of drug-likeness (QED) is 0.843. The summed E-state index contributed by atoms with van der Waals surface area (Å²) in [6.45, 7) is 3.13. The number of hydrogen-bond acceptors (Lipinski definition) is 2. The average Bonchev–Trinajstić information content (AvgIpc) is 2.84. The highest BCUT2D eigenvalue weighted by Gasteiger charge is 2.26. The van der Waals surface area contributed by atoms with E-state index in [2.05, 4.69) is 5.32 Å². The van der Waals surface area contributed by atoms with Crippen molar-refractivity contribution in [2.45, 2.75) is 32.2 Å². The number of benzene rings is 1. The summed E-state index contributed by atoms with van der Waals surface area (Å²) in [5.74, 6) is 0.803. The van der Waals surface area contributed by atoms with E-state index in [4.69, 9.17) is 0 Å². The Balaban J connectivity index is 1.88. The highest BCUT2D eigenvalue weighted by Crippen LogP contribution is 2.31. The Bertz CT molecular complexity index is 383. The Morgan fingerprint density at radius 1 is 1.33 bits per heavy atom. The molecule has 0 aliphatic heterocycles. The zero-order valence-electron chi connectivity index (χ0n) is 10.9. The van der Waals surface area contributed by atoms with Crippen LogP contribution in [-0.2, 0) is 0 Å². The molecule has 0 saturated heterocycles. The van der Waals surface area contributed by atoms with Gasteiger partial charge in [-0.2, -0.15) is 0 Å². The van der Waals surface area contributed by atoms with E-state index in [1.807, 2.05) is 19.1 Å². The molecule has 0 aromatic heterocycles. The first-order chi connectivity index (χ1) is 8.72. The number of nitrogens with one attached hydrogen (secondary N) is 1. The predicted molar refractivity (Wildman–Crippen MR) is 70.7 cm³/mol. The van der Waals surface area contributed by atoms with Gasteiger partial charge in [-0.15, -0.1) is 0 Å². The molecule has 1 aliphatic carbocycles. The largest absolute Gasteiger partial charge is 0.396 e. The number of halogens is 1. The summed E-state index contributed by atoms with van der Waals surface area (Å²) in [5.41, 5.74) is 0.719. The lowest BCUT2D eigenvalue weighted by molar-refractivity contribution is 0.190. The average molecular weight is 251 g/mol. The summed E-state index contributed by atoms with van der Waals surface area (Å²) in [6.07, 6.45) is 3.49. The summed E-state index contributed by atoms with van der Waals surface area (Å²) < 4.78 is 13.6. The Morgan fingerprint density at radius 2 is 2.06 bits per heavy atom. The molecule has 0 amide bonds. The number of hydrogen-bond donors (Lipinski definition) is 2. The summed E-state index contributed by atoms with van der Waals surface area (Å²) >= 11 is 0. The fourth-order valence-corrected chi connectivity index (χ4v) is 2.89. The minimum Gasteiger partial charge on any atom is -0.396 e. The predicted octanol–water partition coefficient (Wildman–Crippen LogP) is 2.88. The number of aliphatic hydroxyl groups is 1. The summed E-state index contributed by atoms with van der Waals surface area (Å²) in [5, 5.41) is 12.7. The van der Waals surface area contributed by atoms with Crippen LogP contribution in [0.4, 0.5) is 4.39 Å². The van der Waals surface area contributed by atoms with E-state index >= 15 is 0 Å². The van der Waals surface area contributed by atoms with Crippen molar-refractivity contribution in [1.29, 1.82) is 0 Å². The van der Waals surface area contributed by atoms with Gasteiger partial charge in [-0.1, -0.05) is 24.6 Å². The second kappa shape index (κ2) is 6.30. The van der Waals surface area contributed by atoms with E-state index < -0.39 is 0 Å². The minimum atomic E-state index is -0.150. The maximum absolute atomic E-state index is 13.6. The number of rotatable bonds is 5. The molecule has 1 saturated carbocycles. The van der Waals surface area contributed by atoms with E-state index in [0.29, 0.717) is 11.8 Å². The third kappa shape index (κ3) is 3.09. The van der Waals surface area contributed by atoms with Crippen LogP contribution in [0.2, 0.25) is 0 Å². The Morgan fingerprint density at radius 3 is 2.78 bits per heavy atom. The fourth-order valence-electron chi connectivity index (χ4n) is 2.89. The van der Waals surface area contributed by atoms with E-state index in [0.717, 1.165) is 18.5 Å². The third-order valence-electron chi connectivity index (χ3n) is 4.11. The van der Waals surface area contributed by atoms with Crippen LogP contribution in [0.1, 0.15) is 37.8 Å². The monoisotopic (exact) mass is 251 g/mol. The number of aliphatic hydroxyl groups excluding tert-OH is 1. The molecule has 3 atom stereocenters. The van der Waals surface area contributed by atoms with E-state index in [1.54, 1.807) is 6.07 Å². The van der Waals surface area contributed by atoms with Gasteiger partial charge in [0.25, 0.3) is 0 Å². The highest BCUT2D eigenvalue weighted by molar-refractivity contribution is 5.20. The molecular weight excluding hydrogens is 229 g/mol. The SMILES string of the molecule is CC(NCC1CCCC1CO)c1ccccc1F. The van der Waals surface area contributed by atoms with Gasteiger partial charge in [0.2, 0.25) is 0 Å². The molecule has 3 unspecified atom stereocenters. The fraction of sp³-hybridized carbons (Fsp3) is 0.600. The second-order valence-electron chi connectivity index (χ2n) is 5.29. The van der Waals surface area contributed by atoms with Crippen molar-refractivity contribution in [3.63, 3.8) is 0 Å². The lowest BCUT2D eigenvalue weighted by Gasteiger charge is -2.21. The molecule has 0 radical (unpaired) electrons. The molecule has 1 fully saturated rings. The maximum atomic E-state index is 13.6. The molecule has 1 aliphatic rings. The molecule has 2 N–H and O–H groups in total. The summed E-state index contributed by atoms with van der Waals surface area (Å²) in [4.78, 5) is 0. The van der Waals surface area contributed by atoms with Gasteiger partial charge in [-0.3, -0.25) is 0 Å². The van der Waals surface area contributed by atoms with Gasteiger partial charge >= 0.3 is 0 Å². The van der Waals surface area contributed by atoms with Crippen LogP contribution in [0.5, 0.6) is 0 Å². The first-order valence-corrected chi connectivity index (χ1v) is 6.81. The zero-order valence-corrected chi connectivity index (χ0v) is 10.9. The lowest BCUT2D eigenvalue weighted by atomic mass is 9.96. The topological polar surface area (TPSA) is 32.3 Å². The Labute approximate surface area is 108 Å². The maximum Gasteiger partial charge on any atom is 0.127 e. The van der Waals surface area contributed by atoms with Gasteiger partial charge in [0.1, 0.15) is 5.82 Å². The van der Waals surface area contributed by atoms with E-state index in [9.17, 15) is 9.50 Å². The van der Waals surface area contributed by atoms with Crippen molar-refractivity contribution in [2.75, 3.05) is 13.2 Å². The minimum absolute atomic E-state index is 0.0196. The molecule has 0 bridgehead atoms. The molecule has 1 aromatic carbocycles. The highest BCUT2D eigenvalue weighted by atomic mass is 19.1. The van der Waals surface area contributed by atoms with E-state index in [-0.39, 0.29) is 18.5 Å². The lowest BCUT2D eigenvalue weighted by Crippen LogP contribution is -2.29. The standard InChI is InChI=1S/C15H22FNO/c1-11(14-7-2-3-8-15(14)16)17-9-12-5-4-6-13(12)10-18/h2-3,7-8,11-13,17-18H,4-6,9-10H2,1H3. The summed E-state index contributed by atoms with van der Waals surface area (Å²) in [6, 6.07) is 6.92. The zero-order chi connectivity index (χ0) is 13.0. The van der Waals surface area contributed by atoms with Gasteiger partial charge in [-0.25, -0.2) is 4.39 Å². The summed E-state index contributed by atoms with van der Waals surface area (Å²) in [7, 11) is 0. The van der Waals surface area contributed by atoms with Crippen molar-refractivity contribution < 1.29 is 9.50 Å². The molecule has 100 valence electrons. The molecule has 0 spiro atoms. The smallest absolute Gasteiger partial charge is 0.127 e. The van der Waals surface area contributed by atoms with Gasteiger partial charge < -0.3 is 10.4 Å². The van der Waals surface area contributed by atoms with Crippen molar-refractivity contribution in [1.82, 2.24) is 5.32 Å². The molecular formula is C15H22FNO. The molecule has 1 aromatic rings. The van der Waals surface area contributed by atoms with Gasteiger partial charge in [-0.05, 0) is 44.2 Å². The van der Waals surface area contributed by atoms with Crippen LogP contribution < -0.4 is 5.32 Å². The van der Waals surface area contributed by atoms with E-state index in [1.165, 1.54) is 18.9 Å². The van der Waals surface area contributed by atoms with Crippen LogP contribution in [0.15, 0.2) is 24.3 Å². The normalized spacial score (nSPS) is 25.3. The first-order valence-electron chi connectivity index (χ1n) is 6.81. The second-order valence-corrected chi connectivity index (χ2v) is 5.29. The molecule has 0 heterocycles. The van der Waals surface area contributed by atoms with Crippen LogP contribution in [0.3, 0.4) is 0 Å². The van der Waals surface area contributed by atoms with Gasteiger partial charge in [0.05, 0.1) is 0 Å². The first kappa shape index (κ1) is 13.5. The van der Waals surface area contributed by atoms with Crippen molar-refractivity contribution in [2.24, 2.45) is 11.8 Å². The Kier molecular flexibility index (Phi) is 4.72. The molecule has 18 heavy (non-hydrogen) atoms.